The summed E-state index contributed by atoms with van der Waals surface area (Å²) in [6.07, 6.45) is 4.70. The summed E-state index contributed by atoms with van der Waals surface area (Å²) in [5, 5.41) is 12.0. The van der Waals surface area contributed by atoms with E-state index in [1.807, 2.05) is 43.3 Å². The molecular formula is C14H17NO2. The van der Waals surface area contributed by atoms with Gasteiger partial charge in [-0.1, -0.05) is 29.8 Å². The molecule has 1 aliphatic carbocycles. The van der Waals surface area contributed by atoms with Crippen LogP contribution in [0.1, 0.15) is 22.3 Å². The molecule has 0 saturated carbocycles. The average molecular weight is 231 g/mol. The molecule has 0 aromatic heterocycles. The van der Waals surface area contributed by atoms with Gasteiger partial charge in [-0.05, 0) is 25.5 Å². The normalized spacial score (nSPS) is 22.7. The SMILES string of the molecule is Cc1cccc(C(=O)N[C@@H]2C=C[C@H](CO)C2)c1. The van der Waals surface area contributed by atoms with E-state index in [2.05, 4.69) is 5.32 Å². The first-order valence-electron chi connectivity index (χ1n) is 5.86. The standard InChI is InChI=1S/C14H17NO2/c1-10-3-2-4-12(7-10)14(17)15-13-6-5-11(8-13)9-16/h2-7,11,13,16H,8-9H2,1H3,(H,15,17)/t11-,13+/m0/s1. The van der Waals surface area contributed by atoms with E-state index in [9.17, 15) is 4.79 Å². The largest absolute Gasteiger partial charge is 0.396 e. The Hall–Kier alpha value is -1.61. The van der Waals surface area contributed by atoms with Crippen LogP contribution in [0.2, 0.25) is 0 Å². The summed E-state index contributed by atoms with van der Waals surface area (Å²) in [5.74, 6) is 0.125. The van der Waals surface area contributed by atoms with Crippen LogP contribution >= 0.6 is 0 Å². The number of hydrogen-bond acceptors (Lipinski definition) is 2. The van der Waals surface area contributed by atoms with Crippen LogP contribution < -0.4 is 5.32 Å². The second-order valence-electron chi connectivity index (χ2n) is 4.51. The Balaban J connectivity index is 1.96. The fourth-order valence-corrected chi connectivity index (χ4v) is 2.06. The Morgan fingerprint density at radius 1 is 1.47 bits per heavy atom. The van der Waals surface area contributed by atoms with Crippen molar-refractivity contribution in [3.05, 3.63) is 47.5 Å². The molecule has 1 aliphatic rings. The van der Waals surface area contributed by atoms with Gasteiger partial charge in [-0.3, -0.25) is 4.79 Å². The zero-order valence-electron chi connectivity index (χ0n) is 9.89. The molecule has 1 aromatic rings. The van der Waals surface area contributed by atoms with Gasteiger partial charge in [0, 0.05) is 24.1 Å². The van der Waals surface area contributed by atoms with Crippen LogP contribution in [0.25, 0.3) is 0 Å². The van der Waals surface area contributed by atoms with E-state index in [-0.39, 0.29) is 24.5 Å². The summed E-state index contributed by atoms with van der Waals surface area (Å²) < 4.78 is 0. The van der Waals surface area contributed by atoms with Gasteiger partial charge in [-0.15, -0.1) is 0 Å². The number of carbonyl (C=O) groups excluding carboxylic acids is 1. The van der Waals surface area contributed by atoms with Gasteiger partial charge in [0.05, 0.1) is 0 Å². The molecule has 2 atom stereocenters. The lowest BCUT2D eigenvalue weighted by Crippen LogP contribution is -2.32. The van der Waals surface area contributed by atoms with Crippen molar-refractivity contribution in [2.75, 3.05) is 6.61 Å². The maximum Gasteiger partial charge on any atom is 0.251 e. The highest BCUT2D eigenvalue weighted by molar-refractivity contribution is 5.94. The van der Waals surface area contributed by atoms with E-state index in [1.165, 1.54) is 0 Å². The lowest BCUT2D eigenvalue weighted by molar-refractivity contribution is 0.0941. The maximum atomic E-state index is 11.9. The number of amides is 1. The van der Waals surface area contributed by atoms with Crippen molar-refractivity contribution in [3.8, 4) is 0 Å². The van der Waals surface area contributed by atoms with E-state index in [1.54, 1.807) is 0 Å². The lowest BCUT2D eigenvalue weighted by Gasteiger charge is -2.12. The van der Waals surface area contributed by atoms with Crippen molar-refractivity contribution in [3.63, 3.8) is 0 Å². The molecule has 0 spiro atoms. The monoisotopic (exact) mass is 231 g/mol. The maximum absolute atomic E-state index is 11.9. The van der Waals surface area contributed by atoms with Crippen molar-refractivity contribution in [1.82, 2.24) is 5.32 Å². The van der Waals surface area contributed by atoms with E-state index < -0.39 is 0 Å². The van der Waals surface area contributed by atoms with E-state index in [0.717, 1.165) is 12.0 Å². The van der Waals surface area contributed by atoms with Crippen LogP contribution in [0.4, 0.5) is 0 Å². The summed E-state index contributed by atoms with van der Waals surface area (Å²) in [7, 11) is 0. The Labute approximate surface area is 101 Å². The molecule has 90 valence electrons. The predicted molar refractivity (Wildman–Crippen MR) is 66.8 cm³/mol. The molecule has 0 aliphatic heterocycles. The molecular weight excluding hydrogens is 214 g/mol. The summed E-state index contributed by atoms with van der Waals surface area (Å²) in [5.41, 5.74) is 1.76. The highest BCUT2D eigenvalue weighted by atomic mass is 16.3. The first-order chi connectivity index (χ1) is 8.19. The number of hydrogen-bond donors (Lipinski definition) is 2. The number of carbonyl (C=O) groups is 1. The van der Waals surface area contributed by atoms with Gasteiger partial charge in [0.1, 0.15) is 0 Å². The van der Waals surface area contributed by atoms with Gasteiger partial charge in [0.2, 0.25) is 0 Å². The zero-order valence-corrected chi connectivity index (χ0v) is 9.89. The first kappa shape index (κ1) is 11.9. The quantitative estimate of drug-likeness (QED) is 0.777. The highest BCUT2D eigenvalue weighted by Crippen LogP contribution is 2.17. The molecule has 2 rings (SSSR count). The fourth-order valence-electron chi connectivity index (χ4n) is 2.06. The van der Waals surface area contributed by atoms with Crippen LogP contribution in [0.15, 0.2) is 36.4 Å². The van der Waals surface area contributed by atoms with Gasteiger partial charge in [0.15, 0.2) is 0 Å². The molecule has 0 unspecified atom stereocenters. The fraction of sp³-hybridized carbons (Fsp3) is 0.357. The van der Waals surface area contributed by atoms with Gasteiger partial charge < -0.3 is 10.4 Å². The molecule has 0 fully saturated rings. The average Bonchev–Trinajstić information content (AvgIpc) is 2.77. The molecule has 1 amide bonds. The third-order valence-electron chi connectivity index (χ3n) is 3.00. The number of aliphatic hydroxyl groups excluding tert-OH is 1. The molecule has 17 heavy (non-hydrogen) atoms. The van der Waals surface area contributed by atoms with Gasteiger partial charge in [-0.2, -0.15) is 0 Å². The van der Waals surface area contributed by atoms with Crippen molar-refractivity contribution >= 4 is 5.91 Å². The molecule has 0 saturated heterocycles. The summed E-state index contributed by atoms with van der Waals surface area (Å²) in [4.78, 5) is 11.9. The van der Waals surface area contributed by atoms with E-state index in [0.29, 0.717) is 5.56 Å². The lowest BCUT2D eigenvalue weighted by atomic mass is 10.1. The minimum Gasteiger partial charge on any atom is -0.396 e. The second kappa shape index (κ2) is 5.15. The molecule has 2 N–H and O–H groups in total. The molecule has 0 heterocycles. The molecule has 0 bridgehead atoms. The first-order valence-corrected chi connectivity index (χ1v) is 5.86. The third-order valence-corrected chi connectivity index (χ3v) is 3.00. The Bertz CT molecular complexity index is 440. The van der Waals surface area contributed by atoms with Gasteiger partial charge in [0.25, 0.3) is 5.91 Å². The second-order valence-corrected chi connectivity index (χ2v) is 4.51. The van der Waals surface area contributed by atoms with Crippen LogP contribution in [-0.2, 0) is 0 Å². The number of benzene rings is 1. The minimum atomic E-state index is -0.0538. The van der Waals surface area contributed by atoms with Crippen molar-refractivity contribution in [2.45, 2.75) is 19.4 Å². The summed E-state index contributed by atoms with van der Waals surface area (Å²) in [6.45, 7) is 2.11. The van der Waals surface area contributed by atoms with Crippen LogP contribution in [-0.4, -0.2) is 23.7 Å². The van der Waals surface area contributed by atoms with Crippen LogP contribution in [0.3, 0.4) is 0 Å². The zero-order chi connectivity index (χ0) is 12.3. The van der Waals surface area contributed by atoms with Crippen LogP contribution in [0, 0.1) is 12.8 Å². The minimum absolute atomic E-state index is 0.0418. The molecule has 0 radical (unpaired) electrons. The van der Waals surface area contributed by atoms with E-state index in [4.69, 9.17) is 5.11 Å². The van der Waals surface area contributed by atoms with Crippen molar-refractivity contribution < 1.29 is 9.90 Å². The smallest absolute Gasteiger partial charge is 0.251 e. The molecule has 3 nitrogen and oxygen atoms in total. The van der Waals surface area contributed by atoms with E-state index >= 15 is 0 Å². The molecule has 3 heteroatoms. The highest BCUT2D eigenvalue weighted by Gasteiger charge is 2.20. The third kappa shape index (κ3) is 2.94. The topological polar surface area (TPSA) is 49.3 Å². The van der Waals surface area contributed by atoms with Crippen molar-refractivity contribution in [2.24, 2.45) is 5.92 Å². The van der Waals surface area contributed by atoms with Crippen LogP contribution in [0.5, 0.6) is 0 Å². The Morgan fingerprint density at radius 2 is 2.29 bits per heavy atom. The number of aliphatic hydroxyl groups is 1. The number of rotatable bonds is 3. The van der Waals surface area contributed by atoms with Crippen molar-refractivity contribution in [1.29, 1.82) is 0 Å². The van der Waals surface area contributed by atoms with Gasteiger partial charge in [-0.25, -0.2) is 0 Å². The number of nitrogens with one attached hydrogen (secondary N) is 1. The molecule has 1 aromatic carbocycles. The predicted octanol–water partition coefficient (Wildman–Crippen LogP) is 1.66. The Morgan fingerprint density at radius 3 is 2.94 bits per heavy atom. The Kier molecular flexibility index (Phi) is 3.59. The summed E-state index contributed by atoms with van der Waals surface area (Å²) in [6, 6.07) is 7.57. The summed E-state index contributed by atoms with van der Waals surface area (Å²) >= 11 is 0. The number of aryl methyl sites for hydroxylation is 1. The van der Waals surface area contributed by atoms with Gasteiger partial charge >= 0.3 is 0 Å².